The van der Waals surface area contributed by atoms with Gasteiger partial charge in [0, 0.05) is 0 Å². The lowest BCUT2D eigenvalue weighted by molar-refractivity contribution is 0.487. The molecule has 1 aromatic carbocycles. The Hall–Kier alpha value is -0.610. The smallest absolute Gasteiger partial charge is 0.0172 e. The molecule has 2 aliphatic rings. The summed E-state index contributed by atoms with van der Waals surface area (Å²) >= 11 is 0. The van der Waals surface area contributed by atoms with Crippen LogP contribution in [-0.4, -0.2) is 11.3 Å². The number of benzene rings is 1. The predicted molar refractivity (Wildman–Crippen MR) is 96.1 cm³/mol. The molecule has 0 aromatic heterocycles. The van der Waals surface area contributed by atoms with Crippen molar-refractivity contribution in [3.63, 3.8) is 0 Å². The SMILES string of the molecule is C(=C\P(C1CCCCC1)C1CCCCC1)/c1ccccc1. The van der Waals surface area contributed by atoms with E-state index in [1.54, 1.807) is 0 Å². The molecule has 0 spiro atoms. The third-order valence-corrected chi connectivity index (χ3v) is 8.44. The fraction of sp³-hybridized carbons (Fsp3) is 0.600. The van der Waals surface area contributed by atoms with Crippen LogP contribution in [0.25, 0.3) is 6.08 Å². The zero-order chi connectivity index (χ0) is 14.3. The molecule has 0 aliphatic heterocycles. The van der Waals surface area contributed by atoms with Crippen LogP contribution in [0.5, 0.6) is 0 Å². The summed E-state index contributed by atoms with van der Waals surface area (Å²) in [5.41, 5.74) is 3.44. The Labute approximate surface area is 131 Å². The molecular formula is C20H29P. The van der Waals surface area contributed by atoms with E-state index in [-0.39, 0.29) is 7.92 Å². The van der Waals surface area contributed by atoms with Gasteiger partial charge in [-0.15, -0.1) is 0 Å². The van der Waals surface area contributed by atoms with Gasteiger partial charge in [-0.1, -0.05) is 88.7 Å². The molecule has 2 saturated carbocycles. The standard InChI is InChI=1S/C20H29P/c1-4-10-18(11-5-1)16-17-21(19-12-6-2-7-13-19)20-14-8-3-9-15-20/h1,4-5,10-11,16-17,19-20H,2-3,6-9,12-15H2/b17-16+. The van der Waals surface area contributed by atoms with Gasteiger partial charge in [-0.2, -0.15) is 0 Å². The van der Waals surface area contributed by atoms with Crippen molar-refractivity contribution in [3.05, 3.63) is 41.7 Å². The molecule has 0 saturated heterocycles. The van der Waals surface area contributed by atoms with E-state index in [4.69, 9.17) is 0 Å². The Morgan fingerprint density at radius 1 is 0.714 bits per heavy atom. The number of hydrogen-bond donors (Lipinski definition) is 0. The van der Waals surface area contributed by atoms with Crippen molar-refractivity contribution in [2.24, 2.45) is 0 Å². The highest BCUT2D eigenvalue weighted by Gasteiger charge is 2.29. The van der Waals surface area contributed by atoms with E-state index in [0.717, 1.165) is 11.3 Å². The molecule has 21 heavy (non-hydrogen) atoms. The highest BCUT2D eigenvalue weighted by molar-refractivity contribution is 7.62. The van der Waals surface area contributed by atoms with Crippen molar-refractivity contribution in [3.8, 4) is 0 Å². The zero-order valence-corrected chi connectivity index (χ0v) is 14.1. The van der Waals surface area contributed by atoms with E-state index in [2.05, 4.69) is 42.2 Å². The summed E-state index contributed by atoms with van der Waals surface area (Å²) in [6.45, 7) is 0. The van der Waals surface area contributed by atoms with E-state index in [1.807, 2.05) is 0 Å². The Morgan fingerprint density at radius 3 is 1.76 bits per heavy atom. The first-order chi connectivity index (χ1) is 10.4. The summed E-state index contributed by atoms with van der Waals surface area (Å²) < 4.78 is 0. The van der Waals surface area contributed by atoms with Crippen LogP contribution in [0.4, 0.5) is 0 Å². The Morgan fingerprint density at radius 2 is 1.24 bits per heavy atom. The fourth-order valence-corrected chi connectivity index (χ4v) is 7.39. The summed E-state index contributed by atoms with van der Waals surface area (Å²) in [6, 6.07) is 10.9. The first kappa shape index (κ1) is 15.3. The van der Waals surface area contributed by atoms with Gasteiger partial charge in [0.15, 0.2) is 0 Å². The van der Waals surface area contributed by atoms with Gasteiger partial charge in [0.2, 0.25) is 0 Å². The first-order valence-electron chi connectivity index (χ1n) is 8.94. The Kier molecular flexibility index (Phi) is 5.92. The molecular weight excluding hydrogens is 271 g/mol. The normalized spacial score (nSPS) is 22.1. The lowest BCUT2D eigenvalue weighted by Crippen LogP contribution is -2.19. The van der Waals surface area contributed by atoms with Gasteiger partial charge in [0.1, 0.15) is 0 Å². The third-order valence-electron chi connectivity index (χ3n) is 5.23. The van der Waals surface area contributed by atoms with Crippen LogP contribution in [0.3, 0.4) is 0 Å². The molecule has 0 heterocycles. The average molecular weight is 300 g/mol. The summed E-state index contributed by atoms with van der Waals surface area (Å²) in [5, 5.41) is 0. The van der Waals surface area contributed by atoms with Crippen molar-refractivity contribution in [2.45, 2.75) is 75.5 Å². The molecule has 0 nitrogen and oxygen atoms in total. The largest absolute Gasteiger partial charge is 0.0768 e. The van der Waals surface area contributed by atoms with Gasteiger partial charge in [0.25, 0.3) is 0 Å². The maximum absolute atomic E-state index is 2.65. The van der Waals surface area contributed by atoms with E-state index in [9.17, 15) is 0 Å². The molecule has 1 heteroatoms. The summed E-state index contributed by atoms with van der Waals surface area (Å²) in [6.07, 6.45) is 17.3. The summed E-state index contributed by atoms with van der Waals surface area (Å²) in [4.78, 5) is 0. The molecule has 2 aliphatic carbocycles. The summed E-state index contributed by atoms with van der Waals surface area (Å²) in [7, 11) is 0.0988. The average Bonchev–Trinajstić information content (AvgIpc) is 2.58. The molecule has 0 N–H and O–H groups in total. The van der Waals surface area contributed by atoms with Gasteiger partial charge in [-0.25, -0.2) is 0 Å². The minimum atomic E-state index is 0.0988. The molecule has 0 radical (unpaired) electrons. The van der Waals surface area contributed by atoms with Gasteiger partial charge < -0.3 is 0 Å². The fourth-order valence-electron chi connectivity index (χ4n) is 4.04. The third kappa shape index (κ3) is 4.43. The molecule has 0 unspecified atom stereocenters. The predicted octanol–water partition coefficient (Wildman–Crippen LogP) is 6.80. The van der Waals surface area contributed by atoms with Crippen LogP contribution in [0.2, 0.25) is 0 Å². The van der Waals surface area contributed by atoms with Crippen LogP contribution in [0.15, 0.2) is 36.1 Å². The highest BCUT2D eigenvalue weighted by Crippen LogP contribution is 2.56. The van der Waals surface area contributed by atoms with Crippen molar-refractivity contribution in [2.75, 3.05) is 0 Å². The van der Waals surface area contributed by atoms with E-state index in [0.29, 0.717) is 0 Å². The van der Waals surface area contributed by atoms with Crippen molar-refractivity contribution in [1.82, 2.24) is 0 Å². The van der Waals surface area contributed by atoms with Crippen LogP contribution in [0, 0.1) is 0 Å². The molecule has 0 amide bonds. The molecule has 1 aromatic rings. The number of hydrogen-bond acceptors (Lipinski definition) is 0. The monoisotopic (exact) mass is 300 g/mol. The topological polar surface area (TPSA) is 0 Å². The van der Waals surface area contributed by atoms with Crippen molar-refractivity contribution in [1.29, 1.82) is 0 Å². The van der Waals surface area contributed by atoms with E-state index in [1.165, 1.54) is 69.8 Å². The maximum atomic E-state index is 2.65. The van der Waals surface area contributed by atoms with E-state index >= 15 is 0 Å². The van der Waals surface area contributed by atoms with Gasteiger partial charge in [-0.05, 0) is 42.6 Å². The van der Waals surface area contributed by atoms with Gasteiger partial charge in [0.05, 0.1) is 0 Å². The number of rotatable bonds is 4. The molecule has 0 bridgehead atoms. The second-order valence-corrected chi connectivity index (χ2v) is 9.41. The second kappa shape index (κ2) is 8.14. The minimum absolute atomic E-state index is 0.0988. The lowest BCUT2D eigenvalue weighted by atomic mass is 9.99. The van der Waals surface area contributed by atoms with Crippen LogP contribution < -0.4 is 0 Å². The molecule has 0 atom stereocenters. The maximum Gasteiger partial charge on any atom is -0.0172 e. The van der Waals surface area contributed by atoms with Crippen molar-refractivity contribution < 1.29 is 0 Å². The lowest BCUT2D eigenvalue weighted by Gasteiger charge is -2.36. The van der Waals surface area contributed by atoms with Gasteiger partial charge >= 0.3 is 0 Å². The first-order valence-corrected chi connectivity index (χ1v) is 10.5. The molecule has 3 rings (SSSR count). The van der Waals surface area contributed by atoms with Gasteiger partial charge in [-0.3, -0.25) is 0 Å². The Balaban J connectivity index is 1.72. The van der Waals surface area contributed by atoms with Crippen LogP contribution in [-0.2, 0) is 0 Å². The second-order valence-electron chi connectivity index (χ2n) is 6.76. The van der Waals surface area contributed by atoms with Crippen LogP contribution >= 0.6 is 7.92 Å². The Bertz CT molecular complexity index is 406. The minimum Gasteiger partial charge on any atom is -0.0768 e. The highest BCUT2D eigenvalue weighted by atomic mass is 31.1. The molecule has 2 fully saturated rings. The summed E-state index contributed by atoms with van der Waals surface area (Å²) in [5.74, 6) is 2.65. The quantitative estimate of drug-likeness (QED) is 0.536. The van der Waals surface area contributed by atoms with Crippen molar-refractivity contribution >= 4 is 14.0 Å². The zero-order valence-electron chi connectivity index (χ0n) is 13.2. The van der Waals surface area contributed by atoms with E-state index < -0.39 is 0 Å². The van der Waals surface area contributed by atoms with Crippen LogP contribution in [0.1, 0.15) is 69.8 Å². The molecule has 114 valence electrons.